The van der Waals surface area contributed by atoms with Crippen LogP contribution in [0.15, 0.2) is 24.3 Å². The van der Waals surface area contributed by atoms with E-state index in [0.717, 1.165) is 18.8 Å². The summed E-state index contributed by atoms with van der Waals surface area (Å²) in [5, 5.41) is 2.94. The first-order chi connectivity index (χ1) is 9.02. The van der Waals surface area contributed by atoms with Crippen LogP contribution in [0, 0.1) is 6.92 Å². The lowest BCUT2D eigenvalue weighted by molar-refractivity contribution is -0.119. The monoisotopic (exact) mass is 263 g/mol. The van der Waals surface area contributed by atoms with Gasteiger partial charge in [-0.25, -0.2) is 0 Å². The number of hydrogen-bond donors (Lipinski definition) is 1. The van der Waals surface area contributed by atoms with Crippen molar-refractivity contribution in [2.24, 2.45) is 0 Å². The van der Waals surface area contributed by atoms with Gasteiger partial charge >= 0.3 is 0 Å². The molecule has 0 radical (unpaired) electrons. The van der Waals surface area contributed by atoms with Gasteiger partial charge in [0.15, 0.2) is 0 Å². The fraction of sp³-hybridized carbons (Fsp3) is 0.533. The van der Waals surface area contributed by atoms with Crippen molar-refractivity contribution >= 4 is 11.6 Å². The van der Waals surface area contributed by atoms with E-state index in [2.05, 4.69) is 41.1 Å². The van der Waals surface area contributed by atoms with Gasteiger partial charge in [-0.3, -0.25) is 4.79 Å². The van der Waals surface area contributed by atoms with Gasteiger partial charge in [0.1, 0.15) is 0 Å². The Balaban J connectivity index is 2.50. The third kappa shape index (κ3) is 5.75. The van der Waals surface area contributed by atoms with E-state index in [9.17, 15) is 4.79 Å². The molecule has 0 aliphatic rings. The summed E-state index contributed by atoms with van der Waals surface area (Å²) < 4.78 is 0. The van der Waals surface area contributed by atoms with Gasteiger partial charge in [-0.05, 0) is 45.6 Å². The Morgan fingerprint density at radius 1 is 1.32 bits per heavy atom. The summed E-state index contributed by atoms with van der Waals surface area (Å²) in [7, 11) is 3.99. The molecule has 0 unspecified atom stereocenters. The highest BCUT2D eigenvalue weighted by molar-refractivity contribution is 5.81. The van der Waals surface area contributed by atoms with Crippen molar-refractivity contribution < 1.29 is 4.79 Å². The van der Waals surface area contributed by atoms with E-state index in [0.29, 0.717) is 13.1 Å². The number of aryl methyl sites for hydroxylation is 1. The Morgan fingerprint density at radius 2 is 2.05 bits per heavy atom. The molecule has 0 bridgehead atoms. The van der Waals surface area contributed by atoms with Crippen LogP contribution in [0.5, 0.6) is 0 Å². The number of nitrogens with one attached hydrogen (secondary N) is 1. The Bertz CT molecular complexity index is 404. The lowest BCUT2D eigenvalue weighted by atomic mass is 10.2. The first-order valence-electron chi connectivity index (χ1n) is 6.76. The van der Waals surface area contributed by atoms with Crippen LogP contribution in [0.4, 0.5) is 5.69 Å². The number of benzene rings is 1. The molecule has 0 saturated heterocycles. The maximum absolute atomic E-state index is 11.9. The van der Waals surface area contributed by atoms with Crippen LogP contribution in [-0.2, 0) is 4.79 Å². The standard InChI is InChI=1S/C15H25N3O/c1-5-18(14-8-6-7-13(2)11-14)12-15(19)16-9-10-17(3)4/h6-8,11H,5,9-10,12H2,1-4H3,(H,16,19). The predicted octanol–water partition coefficient (Wildman–Crippen LogP) is 1.50. The van der Waals surface area contributed by atoms with Gasteiger partial charge in [0, 0.05) is 25.3 Å². The molecule has 0 aromatic heterocycles. The Labute approximate surface area is 116 Å². The minimum atomic E-state index is 0.0743. The Hall–Kier alpha value is -1.55. The summed E-state index contributed by atoms with van der Waals surface area (Å²) in [4.78, 5) is 16.0. The second-order valence-corrected chi connectivity index (χ2v) is 5.01. The molecule has 4 nitrogen and oxygen atoms in total. The van der Waals surface area contributed by atoms with E-state index in [-0.39, 0.29) is 5.91 Å². The molecule has 19 heavy (non-hydrogen) atoms. The van der Waals surface area contributed by atoms with Crippen LogP contribution in [-0.4, -0.2) is 51.1 Å². The first kappa shape index (κ1) is 15.5. The van der Waals surface area contributed by atoms with Crippen molar-refractivity contribution in [2.45, 2.75) is 13.8 Å². The number of amides is 1. The highest BCUT2D eigenvalue weighted by atomic mass is 16.2. The minimum absolute atomic E-state index is 0.0743. The van der Waals surface area contributed by atoms with Crippen molar-refractivity contribution in [1.82, 2.24) is 10.2 Å². The van der Waals surface area contributed by atoms with E-state index in [1.807, 2.05) is 26.2 Å². The number of hydrogen-bond acceptors (Lipinski definition) is 3. The van der Waals surface area contributed by atoms with Crippen molar-refractivity contribution in [2.75, 3.05) is 45.2 Å². The highest BCUT2D eigenvalue weighted by Crippen LogP contribution is 2.15. The second-order valence-electron chi connectivity index (χ2n) is 5.01. The second kappa shape index (κ2) is 7.79. The van der Waals surface area contributed by atoms with E-state index >= 15 is 0 Å². The summed E-state index contributed by atoms with van der Waals surface area (Å²) in [6.45, 7) is 6.92. The number of carbonyl (C=O) groups excluding carboxylic acids is 1. The van der Waals surface area contributed by atoms with Gasteiger partial charge in [0.05, 0.1) is 6.54 Å². The Morgan fingerprint density at radius 3 is 2.63 bits per heavy atom. The first-order valence-corrected chi connectivity index (χ1v) is 6.76. The number of likely N-dealkylation sites (N-methyl/N-ethyl adjacent to an activating group) is 2. The molecule has 0 saturated carbocycles. The molecule has 0 fully saturated rings. The molecule has 0 heterocycles. The highest BCUT2D eigenvalue weighted by Gasteiger charge is 2.09. The third-order valence-corrected chi connectivity index (χ3v) is 2.96. The van der Waals surface area contributed by atoms with Gasteiger partial charge in [-0.15, -0.1) is 0 Å². The van der Waals surface area contributed by atoms with E-state index < -0.39 is 0 Å². The van der Waals surface area contributed by atoms with Crippen molar-refractivity contribution in [3.63, 3.8) is 0 Å². The number of rotatable bonds is 7. The van der Waals surface area contributed by atoms with Crippen LogP contribution in [0.2, 0.25) is 0 Å². The van der Waals surface area contributed by atoms with Gasteiger partial charge in [-0.2, -0.15) is 0 Å². The molecule has 4 heteroatoms. The summed E-state index contributed by atoms with van der Waals surface area (Å²) in [5.41, 5.74) is 2.31. The Kier molecular flexibility index (Phi) is 6.36. The zero-order valence-electron chi connectivity index (χ0n) is 12.4. The zero-order valence-corrected chi connectivity index (χ0v) is 12.4. The maximum Gasteiger partial charge on any atom is 0.239 e. The van der Waals surface area contributed by atoms with Gasteiger partial charge < -0.3 is 15.1 Å². The fourth-order valence-corrected chi connectivity index (χ4v) is 1.86. The zero-order chi connectivity index (χ0) is 14.3. The number of carbonyl (C=O) groups is 1. The molecule has 106 valence electrons. The molecule has 1 amide bonds. The van der Waals surface area contributed by atoms with Gasteiger partial charge in [0.25, 0.3) is 0 Å². The number of anilines is 1. The molecular weight excluding hydrogens is 238 g/mol. The molecule has 1 rings (SSSR count). The lowest BCUT2D eigenvalue weighted by Gasteiger charge is -2.23. The van der Waals surface area contributed by atoms with Crippen LogP contribution in [0.3, 0.4) is 0 Å². The lowest BCUT2D eigenvalue weighted by Crippen LogP contribution is -2.39. The quantitative estimate of drug-likeness (QED) is 0.810. The maximum atomic E-state index is 11.9. The molecular formula is C15H25N3O. The number of nitrogens with zero attached hydrogens (tertiary/aromatic N) is 2. The van der Waals surface area contributed by atoms with Crippen molar-refractivity contribution in [3.05, 3.63) is 29.8 Å². The molecule has 0 aliphatic heterocycles. The van der Waals surface area contributed by atoms with Crippen molar-refractivity contribution in [3.8, 4) is 0 Å². The normalized spacial score (nSPS) is 10.6. The summed E-state index contributed by atoms with van der Waals surface area (Å²) >= 11 is 0. The third-order valence-electron chi connectivity index (χ3n) is 2.96. The average Bonchev–Trinajstić information content (AvgIpc) is 2.35. The summed E-state index contributed by atoms with van der Waals surface area (Å²) in [5.74, 6) is 0.0743. The predicted molar refractivity (Wildman–Crippen MR) is 80.6 cm³/mol. The van der Waals surface area contributed by atoms with Crippen LogP contribution < -0.4 is 10.2 Å². The molecule has 1 N–H and O–H groups in total. The van der Waals surface area contributed by atoms with Crippen LogP contribution >= 0.6 is 0 Å². The largest absolute Gasteiger partial charge is 0.362 e. The molecule has 1 aromatic rings. The van der Waals surface area contributed by atoms with E-state index in [1.54, 1.807) is 0 Å². The fourth-order valence-electron chi connectivity index (χ4n) is 1.86. The topological polar surface area (TPSA) is 35.6 Å². The minimum Gasteiger partial charge on any atom is -0.362 e. The molecule has 0 spiro atoms. The van der Waals surface area contributed by atoms with E-state index in [1.165, 1.54) is 5.56 Å². The molecule has 1 aromatic carbocycles. The summed E-state index contributed by atoms with van der Waals surface area (Å²) in [6.07, 6.45) is 0. The van der Waals surface area contributed by atoms with Gasteiger partial charge in [-0.1, -0.05) is 12.1 Å². The smallest absolute Gasteiger partial charge is 0.239 e. The van der Waals surface area contributed by atoms with Gasteiger partial charge in [0.2, 0.25) is 5.91 Å². The SMILES string of the molecule is CCN(CC(=O)NCCN(C)C)c1cccc(C)c1. The van der Waals surface area contributed by atoms with Crippen LogP contribution in [0.25, 0.3) is 0 Å². The van der Waals surface area contributed by atoms with Crippen LogP contribution in [0.1, 0.15) is 12.5 Å². The van der Waals surface area contributed by atoms with E-state index in [4.69, 9.17) is 0 Å². The van der Waals surface area contributed by atoms with Crippen molar-refractivity contribution in [1.29, 1.82) is 0 Å². The molecule has 0 aliphatic carbocycles. The summed E-state index contributed by atoms with van der Waals surface area (Å²) in [6, 6.07) is 8.24. The average molecular weight is 263 g/mol. The molecule has 0 atom stereocenters.